The summed E-state index contributed by atoms with van der Waals surface area (Å²) in [6.07, 6.45) is 1.59. The van der Waals surface area contributed by atoms with Crippen LogP contribution in [0.25, 0.3) is 0 Å². The van der Waals surface area contributed by atoms with Crippen LogP contribution in [0.4, 0.5) is 5.82 Å². The van der Waals surface area contributed by atoms with Crippen molar-refractivity contribution in [3.05, 3.63) is 18.1 Å². The molecule has 1 aliphatic heterocycles. The Labute approximate surface area is 107 Å². The van der Waals surface area contributed by atoms with Gasteiger partial charge in [-0.1, -0.05) is 13.8 Å². The molecule has 100 valence electrons. The third-order valence-electron chi connectivity index (χ3n) is 3.63. The lowest BCUT2D eigenvalue weighted by Crippen LogP contribution is -2.22. The summed E-state index contributed by atoms with van der Waals surface area (Å²) in [7, 11) is 0. The van der Waals surface area contributed by atoms with Gasteiger partial charge < -0.3 is 15.1 Å². The van der Waals surface area contributed by atoms with Gasteiger partial charge in [-0.15, -0.1) is 0 Å². The average Bonchev–Trinajstić information content (AvgIpc) is 2.82. The highest BCUT2D eigenvalue weighted by Gasteiger charge is 2.32. The second-order valence-corrected chi connectivity index (χ2v) is 5.25. The first-order valence-electron chi connectivity index (χ1n) is 6.44. The first-order valence-corrected chi connectivity index (χ1v) is 6.44. The van der Waals surface area contributed by atoms with Gasteiger partial charge in [0.15, 0.2) is 0 Å². The van der Waals surface area contributed by atoms with Gasteiger partial charge in [0, 0.05) is 49.9 Å². The normalized spacial score (nSPS) is 23.9. The topological polar surface area (TPSA) is 69.5 Å². The van der Waals surface area contributed by atoms with Crippen LogP contribution >= 0.6 is 0 Å². The minimum Gasteiger partial charge on any atom is -0.396 e. The summed E-state index contributed by atoms with van der Waals surface area (Å²) in [6, 6.07) is 2.00. The molecule has 2 N–H and O–H groups in total. The van der Waals surface area contributed by atoms with Crippen LogP contribution in [-0.4, -0.2) is 46.5 Å². The van der Waals surface area contributed by atoms with Crippen LogP contribution in [0, 0.1) is 11.8 Å². The van der Waals surface area contributed by atoms with E-state index in [4.69, 9.17) is 0 Å². The summed E-state index contributed by atoms with van der Waals surface area (Å²) in [5.41, 5.74) is 1.02. The summed E-state index contributed by atoms with van der Waals surface area (Å²) in [5.74, 6) is 1.53. The minimum absolute atomic E-state index is 0.115. The smallest absolute Gasteiger partial charge is 0.132 e. The van der Waals surface area contributed by atoms with Crippen molar-refractivity contribution >= 4 is 5.82 Å². The van der Waals surface area contributed by atoms with Crippen molar-refractivity contribution in [2.24, 2.45) is 11.8 Å². The monoisotopic (exact) mass is 251 g/mol. The van der Waals surface area contributed by atoms with E-state index in [1.807, 2.05) is 6.07 Å². The molecule has 0 saturated carbocycles. The predicted molar refractivity (Wildman–Crippen MR) is 69.5 cm³/mol. The van der Waals surface area contributed by atoms with Gasteiger partial charge >= 0.3 is 0 Å². The fraction of sp³-hybridized carbons (Fsp3) is 0.692. The van der Waals surface area contributed by atoms with Crippen molar-refractivity contribution in [1.82, 2.24) is 9.97 Å². The zero-order chi connectivity index (χ0) is 13.1. The molecule has 5 heteroatoms. The molecule has 2 heterocycles. The number of hydrogen-bond acceptors (Lipinski definition) is 5. The molecular formula is C13H21N3O2. The highest BCUT2D eigenvalue weighted by molar-refractivity contribution is 5.41. The molecular weight excluding hydrogens is 230 g/mol. The number of aliphatic hydroxyl groups is 2. The van der Waals surface area contributed by atoms with E-state index in [2.05, 4.69) is 28.7 Å². The summed E-state index contributed by atoms with van der Waals surface area (Å²) < 4.78 is 0. The quantitative estimate of drug-likeness (QED) is 0.821. The van der Waals surface area contributed by atoms with Gasteiger partial charge in [0.2, 0.25) is 0 Å². The largest absolute Gasteiger partial charge is 0.396 e. The van der Waals surface area contributed by atoms with Crippen molar-refractivity contribution in [1.29, 1.82) is 0 Å². The van der Waals surface area contributed by atoms with Crippen molar-refractivity contribution in [2.75, 3.05) is 31.2 Å². The van der Waals surface area contributed by atoms with E-state index >= 15 is 0 Å². The number of aromatic nitrogens is 2. The van der Waals surface area contributed by atoms with Crippen LogP contribution in [0.3, 0.4) is 0 Å². The molecule has 5 nitrogen and oxygen atoms in total. The molecule has 0 bridgehead atoms. The summed E-state index contributed by atoms with van der Waals surface area (Å²) in [5, 5.41) is 18.6. The van der Waals surface area contributed by atoms with E-state index in [0.717, 1.165) is 24.6 Å². The minimum atomic E-state index is 0.115. The number of anilines is 1. The molecule has 18 heavy (non-hydrogen) atoms. The van der Waals surface area contributed by atoms with E-state index in [1.165, 1.54) is 0 Å². The summed E-state index contributed by atoms with van der Waals surface area (Å²) >= 11 is 0. The second kappa shape index (κ2) is 5.63. The van der Waals surface area contributed by atoms with Crippen molar-refractivity contribution < 1.29 is 10.2 Å². The third kappa shape index (κ3) is 2.62. The lowest BCUT2D eigenvalue weighted by atomic mass is 9.98. The summed E-state index contributed by atoms with van der Waals surface area (Å²) in [4.78, 5) is 10.7. The molecule has 1 aromatic rings. The molecule has 0 spiro atoms. The van der Waals surface area contributed by atoms with E-state index in [0.29, 0.717) is 5.92 Å². The Hall–Kier alpha value is -1.20. The van der Waals surface area contributed by atoms with Gasteiger partial charge in [0.05, 0.1) is 0 Å². The highest BCUT2D eigenvalue weighted by Crippen LogP contribution is 2.27. The number of nitrogens with zero attached hydrogens (tertiary/aromatic N) is 3. The summed E-state index contributed by atoms with van der Waals surface area (Å²) in [6.45, 7) is 5.92. The molecule has 2 atom stereocenters. The first kappa shape index (κ1) is 13.2. The predicted octanol–water partition coefficient (Wildman–Crippen LogP) is 0.637. The molecule has 1 fully saturated rings. The van der Waals surface area contributed by atoms with Crippen LogP contribution in [0.5, 0.6) is 0 Å². The zero-order valence-electron chi connectivity index (χ0n) is 11.0. The lowest BCUT2D eigenvalue weighted by molar-refractivity contribution is 0.152. The fourth-order valence-corrected chi connectivity index (χ4v) is 2.39. The van der Waals surface area contributed by atoms with Crippen LogP contribution in [0.15, 0.2) is 12.4 Å². The van der Waals surface area contributed by atoms with Crippen molar-refractivity contribution in [2.45, 2.75) is 19.8 Å². The maximum absolute atomic E-state index is 9.30. The first-order chi connectivity index (χ1) is 8.65. The third-order valence-corrected chi connectivity index (χ3v) is 3.63. The lowest BCUT2D eigenvalue weighted by Gasteiger charge is -2.18. The number of hydrogen-bond donors (Lipinski definition) is 2. The SMILES string of the molecule is CC(C)c1cc(N2CC(CO)C(CO)C2)ncn1. The van der Waals surface area contributed by atoms with Crippen LogP contribution in [-0.2, 0) is 0 Å². The molecule has 0 radical (unpaired) electrons. The Morgan fingerprint density at radius 3 is 2.33 bits per heavy atom. The maximum atomic E-state index is 9.30. The van der Waals surface area contributed by atoms with Gasteiger partial charge in [-0.3, -0.25) is 0 Å². The highest BCUT2D eigenvalue weighted by atomic mass is 16.3. The van der Waals surface area contributed by atoms with Gasteiger partial charge in [-0.25, -0.2) is 9.97 Å². The van der Waals surface area contributed by atoms with Gasteiger partial charge in [-0.2, -0.15) is 0 Å². The fourth-order valence-electron chi connectivity index (χ4n) is 2.39. The molecule has 2 unspecified atom stereocenters. The second-order valence-electron chi connectivity index (χ2n) is 5.25. The maximum Gasteiger partial charge on any atom is 0.132 e. The van der Waals surface area contributed by atoms with Crippen LogP contribution in [0.2, 0.25) is 0 Å². The molecule has 0 aromatic carbocycles. The van der Waals surface area contributed by atoms with E-state index in [9.17, 15) is 10.2 Å². The molecule has 0 aliphatic carbocycles. The Balaban J connectivity index is 2.15. The number of rotatable bonds is 4. The van der Waals surface area contributed by atoms with Gasteiger partial charge in [0.25, 0.3) is 0 Å². The Morgan fingerprint density at radius 2 is 1.83 bits per heavy atom. The number of aliphatic hydroxyl groups excluding tert-OH is 2. The van der Waals surface area contributed by atoms with Crippen molar-refractivity contribution in [3.63, 3.8) is 0 Å². The average molecular weight is 251 g/mol. The van der Waals surface area contributed by atoms with Gasteiger partial charge in [-0.05, 0) is 5.92 Å². The standard InChI is InChI=1S/C13H21N3O2/c1-9(2)12-3-13(15-8-14-12)16-4-10(6-17)11(5-16)7-18/h3,8-11,17-18H,4-7H2,1-2H3. The van der Waals surface area contributed by atoms with E-state index in [1.54, 1.807) is 6.33 Å². The molecule has 1 aromatic heterocycles. The molecule has 1 saturated heterocycles. The molecule has 0 amide bonds. The van der Waals surface area contributed by atoms with Crippen molar-refractivity contribution in [3.8, 4) is 0 Å². The molecule has 2 rings (SSSR count). The van der Waals surface area contributed by atoms with Gasteiger partial charge in [0.1, 0.15) is 12.1 Å². The Kier molecular flexibility index (Phi) is 4.14. The van der Waals surface area contributed by atoms with E-state index in [-0.39, 0.29) is 25.0 Å². The Bertz CT molecular complexity index is 386. The van der Waals surface area contributed by atoms with E-state index < -0.39 is 0 Å². The Morgan fingerprint density at radius 1 is 1.22 bits per heavy atom. The zero-order valence-corrected chi connectivity index (χ0v) is 11.0. The molecule has 1 aliphatic rings. The van der Waals surface area contributed by atoms with Crippen LogP contribution in [0.1, 0.15) is 25.5 Å². The van der Waals surface area contributed by atoms with Crippen LogP contribution < -0.4 is 4.90 Å².